The molecular formula is C11H17N3O3. The summed E-state index contributed by atoms with van der Waals surface area (Å²) in [5.41, 5.74) is 4.24. The summed E-state index contributed by atoms with van der Waals surface area (Å²) in [4.78, 5) is 35.8. The maximum absolute atomic E-state index is 12.3. The number of nitrogens with one attached hydrogen (secondary N) is 1. The van der Waals surface area contributed by atoms with Crippen LogP contribution in [-0.4, -0.2) is 34.8 Å². The number of carbonyl (C=O) groups excluding carboxylic acids is 3. The minimum Gasteiger partial charge on any atom is -0.368 e. The summed E-state index contributed by atoms with van der Waals surface area (Å²) in [7, 11) is 0. The van der Waals surface area contributed by atoms with Gasteiger partial charge in [0.25, 0.3) is 5.91 Å². The summed E-state index contributed by atoms with van der Waals surface area (Å²) in [6, 6.07) is -0.498. The van der Waals surface area contributed by atoms with E-state index in [1.165, 1.54) is 0 Å². The first-order valence-corrected chi connectivity index (χ1v) is 5.90. The van der Waals surface area contributed by atoms with Gasteiger partial charge < -0.3 is 11.1 Å². The van der Waals surface area contributed by atoms with Gasteiger partial charge in [-0.3, -0.25) is 14.5 Å². The van der Waals surface area contributed by atoms with Gasteiger partial charge >= 0.3 is 6.03 Å². The van der Waals surface area contributed by atoms with E-state index in [4.69, 9.17) is 5.73 Å². The predicted molar refractivity (Wildman–Crippen MR) is 59.8 cm³/mol. The van der Waals surface area contributed by atoms with Crippen molar-refractivity contribution in [1.82, 2.24) is 10.2 Å². The smallest absolute Gasteiger partial charge is 0.325 e. The van der Waals surface area contributed by atoms with E-state index in [2.05, 4.69) is 5.32 Å². The van der Waals surface area contributed by atoms with E-state index in [1.807, 2.05) is 6.92 Å². The molecule has 2 aliphatic rings. The van der Waals surface area contributed by atoms with Gasteiger partial charge in [-0.1, -0.05) is 19.8 Å². The number of amides is 4. The minimum atomic E-state index is -0.801. The number of carbonyl (C=O) groups is 3. The summed E-state index contributed by atoms with van der Waals surface area (Å²) in [6.07, 6.45) is 3.55. The summed E-state index contributed by atoms with van der Waals surface area (Å²) in [5, 5.41) is 2.75. The standard InChI is InChI=1S/C11H17N3O3/c1-7-4-2-3-5-11(7)9(16)14(6-8(12)15)10(17)13-11/h7H,2-6H2,1H3,(H2,12,15)(H,13,17)/t7-,11+/m1/s1. The van der Waals surface area contributed by atoms with E-state index < -0.39 is 17.5 Å². The normalized spacial score (nSPS) is 33.0. The SMILES string of the molecule is C[C@@H]1CCCC[C@]12NC(=O)N(CC(N)=O)C2=O. The number of nitrogens with two attached hydrogens (primary N) is 1. The van der Waals surface area contributed by atoms with Crippen LogP contribution >= 0.6 is 0 Å². The highest BCUT2D eigenvalue weighted by Gasteiger charge is 2.54. The van der Waals surface area contributed by atoms with Crippen molar-refractivity contribution in [2.45, 2.75) is 38.1 Å². The zero-order valence-corrected chi connectivity index (χ0v) is 9.86. The summed E-state index contributed by atoms with van der Waals surface area (Å²) in [5.74, 6) is -0.868. The molecule has 6 heteroatoms. The fourth-order valence-electron chi connectivity index (χ4n) is 2.79. The Morgan fingerprint density at radius 3 is 2.82 bits per heavy atom. The lowest BCUT2D eigenvalue weighted by molar-refractivity contribution is -0.136. The molecular weight excluding hydrogens is 222 g/mol. The van der Waals surface area contributed by atoms with E-state index >= 15 is 0 Å². The largest absolute Gasteiger partial charge is 0.368 e. The second-order valence-electron chi connectivity index (χ2n) is 4.91. The molecule has 1 heterocycles. The number of imide groups is 1. The van der Waals surface area contributed by atoms with Gasteiger partial charge in [0.15, 0.2) is 0 Å². The second kappa shape index (κ2) is 4.01. The lowest BCUT2D eigenvalue weighted by atomic mass is 9.73. The summed E-state index contributed by atoms with van der Waals surface area (Å²) in [6.45, 7) is 1.63. The third-order valence-electron chi connectivity index (χ3n) is 3.82. The molecule has 2 fully saturated rings. The van der Waals surface area contributed by atoms with Crippen LogP contribution in [0, 0.1) is 5.92 Å². The Balaban J connectivity index is 2.24. The molecule has 1 spiro atoms. The van der Waals surface area contributed by atoms with Gasteiger partial charge in [0.1, 0.15) is 12.1 Å². The molecule has 6 nitrogen and oxygen atoms in total. The molecule has 17 heavy (non-hydrogen) atoms. The second-order valence-corrected chi connectivity index (χ2v) is 4.91. The molecule has 94 valence electrons. The zero-order chi connectivity index (χ0) is 12.6. The Hall–Kier alpha value is -1.59. The molecule has 0 bridgehead atoms. The van der Waals surface area contributed by atoms with Gasteiger partial charge in [-0.25, -0.2) is 4.79 Å². The van der Waals surface area contributed by atoms with Gasteiger partial charge in [-0.15, -0.1) is 0 Å². The maximum atomic E-state index is 12.3. The number of hydrogen-bond acceptors (Lipinski definition) is 3. The Morgan fingerprint density at radius 1 is 1.53 bits per heavy atom. The monoisotopic (exact) mass is 239 g/mol. The van der Waals surface area contributed by atoms with Crippen molar-refractivity contribution in [3.8, 4) is 0 Å². The topological polar surface area (TPSA) is 92.5 Å². The molecule has 1 aliphatic carbocycles. The zero-order valence-electron chi connectivity index (χ0n) is 9.86. The Morgan fingerprint density at radius 2 is 2.24 bits per heavy atom. The van der Waals surface area contributed by atoms with Crippen molar-refractivity contribution >= 4 is 17.8 Å². The average Bonchev–Trinajstić information content (AvgIpc) is 2.48. The van der Waals surface area contributed by atoms with Crippen LogP contribution in [0.4, 0.5) is 4.79 Å². The highest BCUT2D eigenvalue weighted by atomic mass is 16.2. The van der Waals surface area contributed by atoms with Crippen LogP contribution in [0.15, 0.2) is 0 Å². The molecule has 0 aromatic heterocycles. The first-order valence-electron chi connectivity index (χ1n) is 5.90. The third kappa shape index (κ3) is 1.77. The first kappa shape index (κ1) is 11.9. The number of hydrogen-bond donors (Lipinski definition) is 2. The van der Waals surface area contributed by atoms with E-state index in [0.29, 0.717) is 6.42 Å². The van der Waals surface area contributed by atoms with Crippen LogP contribution in [0.25, 0.3) is 0 Å². The highest BCUT2D eigenvalue weighted by molar-refractivity contribution is 6.09. The van der Waals surface area contributed by atoms with Crippen LogP contribution in [0.1, 0.15) is 32.6 Å². The van der Waals surface area contributed by atoms with Crippen molar-refractivity contribution in [2.24, 2.45) is 11.7 Å². The van der Waals surface area contributed by atoms with E-state index in [9.17, 15) is 14.4 Å². The van der Waals surface area contributed by atoms with Crippen LogP contribution in [0.2, 0.25) is 0 Å². The van der Waals surface area contributed by atoms with Gasteiger partial charge in [-0.2, -0.15) is 0 Å². The molecule has 1 aliphatic heterocycles. The predicted octanol–water partition coefficient (Wildman–Crippen LogP) is -0.0276. The molecule has 3 N–H and O–H groups in total. The number of urea groups is 1. The van der Waals surface area contributed by atoms with E-state index in [1.54, 1.807) is 0 Å². The quantitative estimate of drug-likeness (QED) is 0.663. The van der Waals surface area contributed by atoms with Crippen molar-refractivity contribution in [3.63, 3.8) is 0 Å². The first-order chi connectivity index (χ1) is 7.97. The molecule has 1 saturated heterocycles. The number of primary amides is 1. The van der Waals surface area contributed by atoms with Gasteiger partial charge in [-0.05, 0) is 18.8 Å². The number of nitrogens with zero attached hydrogens (tertiary/aromatic N) is 1. The fraction of sp³-hybridized carbons (Fsp3) is 0.727. The van der Waals surface area contributed by atoms with Crippen LogP contribution < -0.4 is 11.1 Å². The third-order valence-corrected chi connectivity index (χ3v) is 3.82. The van der Waals surface area contributed by atoms with Gasteiger partial charge in [0.05, 0.1) is 0 Å². The molecule has 2 atom stereocenters. The van der Waals surface area contributed by atoms with Gasteiger partial charge in [0, 0.05) is 0 Å². The minimum absolute atomic E-state index is 0.102. The van der Waals surface area contributed by atoms with Crippen molar-refractivity contribution in [2.75, 3.05) is 6.54 Å². The maximum Gasteiger partial charge on any atom is 0.325 e. The van der Waals surface area contributed by atoms with Crippen LogP contribution in [-0.2, 0) is 9.59 Å². The van der Waals surface area contributed by atoms with E-state index in [0.717, 1.165) is 24.2 Å². The summed E-state index contributed by atoms with van der Waals surface area (Å²) < 4.78 is 0. The van der Waals surface area contributed by atoms with Crippen LogP contribution in [0.3, 0.4) is 0 Å². The van der Waals surface area contributed by atoms with Crippen LogP contribution in [0.5, 0.6) is 0 Å². The molecule has 0 unspecified atom stereocenters. The Labute approximate surface area is 99.5 Å². The molecule has 0 aromatic rings. The van der Waals surface area contributed by atoms with E-state index in [-0.39, 0.29) is 18.4 Å². The summed E-state index contributed by atoms with van der Waals surface area (Å²) >= 11 is 0. The van der Waals surface area contributed by atoms with Crippen molar-refractivity contribution in [3.05, 3.63) is 0 Å². The number of rotatable bonds is 2. The van der Waals surface area contributed by atoms with Gasteiger partial charge in [0.2, 0.25) is 5.91 Å². The lowest BCUT2D eigenvalue weighted by Crippen LogP contribution is -2.54. The molecule has 2 rings (SSSR count). The lowest BCUT2D eigenvalue weighted by Gasteiger charge is -2.36. The molecule has 1 saturated carbocycles. The average molecular weight is 239 g/mol. The van der Waals surface area contributed by atoms with Crippen molar-refractivity contribution in [1.29, 1.82) is 0 Å². The highest BCUT2D eigenvalue weighted by Crippen LogP contribution is 2.37. The molecule has 0 radical (unpaired) electrons. The Bertz CT molecular complexity index is 382. The molecule has 4 amide bonds. The van der Waals surface area contributed by atoms with Crippen molar-refractivity contribution < 1.29 is 14.4 Å². The molecule has 0 aromatic carbocycles. The Kier molecular flexibility index (Phi) is 2.81. The fourth-order valence-corrected chi connectivity index (χ4v) is 2.79.